The Labute approximate surface area is 108 Å². The van der Waals surface area contributed by atoms with Crippen molar-refractivity contribution in [1.29, 1.82) is 0 Å². The topological polar surface area (TPSA) is 20.2 Å². The average molecular weight is 240 g/mol. The van der Waals surface area contributed by atoms with Gasteiger partial charge in [-0.1, -0.05) is 77.7 Å². The van der Waals surface area contributed by atoms with E-state index in [1.807, 2.05) is 6.08 Å². The van der Waals surface area contributed by atoms with Gasteiger partial charge in [0.1, 0.15) is 0 Å². The molecule has 0 aliphatic carbocycles. The van der Waals surface area contributed by atoms with E-state index in [1.165, 1.54) is 70.5 Å². The van der Waals surface area contributed by atoms with Crippen LogP contribution in [0.4, 0.5) is 0 Å². The standard InChI is InChI=1S/C16H32O/c1-3-4-5-6-7-10-13-16(2)14-11-8-9-12-15-17/h12,15-17H,3-11,13-14H2,1-2H3/b15-12+. The minimum atomic E-state index is 0.888. The van der Waals surface area contributed by atoms with Crippen LogP contribution in [-0.4, -0.2) is 5.11 Å². The van der Waals surface area contributed by atoms with Crippen molar-refractivity contribution in [1.82, 2.24) is 0 Å². The van der Waals surface area contributed by atoms with Crippen LogP contribution in [0.5, 0.6) is 0 Å². The molecule has 0 aliphatic rings. The van der Waals surface area contributed by atoms with Crippen molar-refractivity contribution in [3.05, 3.63) is 12.3 Å². The van der Waals surface area contributed by atoms with E-state index in [2.05, 4.69) is 13.8 Å². The van der Waals surface area contributed by atoms with Crippen LogP contribution in [0.25, 0.3) is 0 Å². The molecule has 0 heterocycles. The Hall–Kier alpha value is -0.460. The van der Waals surface area contributed by atoms with Crippen LogP contribution in [0.15, 0.2) is 12.3 Å². The minimum Gasteiger partial charge on any atom is -0.516 e. The molecule has 0 saturated carbocycles. The van der Waals surface area contributed by atoms with E-state index in [1.54, 1.807) is 0 Å². The number of rotatable bonds is 12. The quantitative estimate of drug-likeness (QED) is 0.327. The first-order valence-corrected chi connectivity index (χ1v) is 7.60. The monoisotopic (exact) mass is 240 g/mol. The molecule has 17 heavy (non-hydrogen) atoms. The van der Waals surface area contributed by atoms with Crippen LogP contribution in [0, 0.1) is 5.92 Å². The molecule has 102 valence electrons. The van der Waals surface area contributed by atoms with Crippen LogP contribution in [0.1, 0.15) is 84.5 Å². The third-order valence-electron chi connectivity index (χ3n) is 3.47. The number of allylic oxidation sites excluding steroid dienone is 1. The number of hydrogen-bond donors (Lipinski definition) is 1. The molecule has 0 spiro atoms. The number of hydrogen-bond acceptors (Lipinski definition) is 1. The molecule has 0 aliphatic heterocycles. The van der Waals surface area contributed by atoms with E-state index >= 15 is 0 Å². The molecular formula is C16H32O. The maximum absolute atomic E-state index is 8.50. The molecule has 1 unspecified atom stereocenters. The smallest absolute Gasteiger partial charge is 0.0751 e. The van der Waals surface area contributed by atoms with Gasteiger partial charge in [-0.15, -0.1) is 0 Å². The van der Waals surface area contributed by atoms with E-state index in [-0.39, 0.29) is 0 Å². The molecule has 1 atom stereocenters. The lowest BCUT2D eigenvalue weighted by molar-refractivity contribution is 0.437. The van der Waals surface area contributed by atoms with Crippen molar-refractivity contribution in [2.45, 2.75) is 84.5 Å². The van der Waals surface area contributed by atoms with Gasteiger partial charge in [0.2, 0.25) is 0 Å². The van der Waals surface area contributed by atoms with Crippen LogP contribution in [0.2, 0.25) is 0 Å². The molecule has 0 fully saturated rings. The van der Waals surface area contributed by atoms with Crippen molar-refractivity contribution in [2.75, 3.05) is 0 Å². The lowest BCUT2D eigenvalue weighted by Gasteiger charge is -2.10. The summed E-state index contributed by atoms with van der Waals surface area (Å²) in [6, 6.07) is 0. The Morgan fingerprint density at radius 2 is 1.47 bits per heavy atom. The highest BCUT2D eigenvalue weighted by Crippen LogP contribution is 2.17. The van der Waals surface area contributed by atoms with Gasteiger partial charge in [-0.05, 0) is 18.8 Å². The molecular weight excluding hydrogens is 208 g/mol. The fourth-order valence-corrected chi connectivity index (χ4v) is 2.25. The third-order valence-corrected chi connectivity index (χ3v) is 3.47. The Morgan fingerprint density at radius 1 is 0.882 bits per heavy atom. The van der Waals surface area contributed by atoms with Gasteiger partial charge in [0.15, 0.2) is 0 Å². The number of unbranched alkanes of at least 4 members (excludes halogenated alkanes) is 7. The van der Waals surface area contributed by atoms with Gasteiger partial charge in [-0.2, -0.15) is 0 Å². The molecule has 0 saturated heterocycles. The molecule has 1 N–H and O–H groups in total. The second kappa shape index (κ2) is 13.6. The first-order chi connectivity index (χ1) is 8.31. The molecule has 0 aromatic heterocycles. The average Bonchev–Trinajstić information content (AvgIpc) is 2.33. The van der Waals surface area contributed by atoms with Crippen molar-refractivity contribution in [2.24, 2.45) is 5.92 Å². The molecule has 0 bridgehead atoms. The van der Waals surface area contributed by atoms with Crippen LogP contribution in [0.3, 0.4) is 0 Å². The summed E-state index contributed by atoms with van der Waals surface area (Å²) in [6.07, 6.45) is 17.8. The summed E-state index contributed by atoms with van der Waals surface area (Å²) in [6.45, 7) is 4.65. The lowest BCUT2D eigenvalue weighted by Crippen LogP contribution is -1.94. The van der Waals surface area contributed by atoms with Crippen LogP contribution < -0.4 is 0 Å². The van der Waals surface area contributed by atoms with Crippen molar-refractivity contribution in [3.8, 4) is 0 Å². The van der Waals surface area contributed by atoms with Gasteiger partial charge < -0.3 is 5.11 Å². The number of aliphatic hydroxyl groups excluding tert-OH is 1. The normalized spacial score (nSPS) is 13.3. The first kappa shape index (κ1) is 16.5. The van der Waals surface area contributed by atoms with Crippen molar-refractivity contribution >= 4 is 0 Å². The molecule has 1 nitrogen and oxygen atoms in total. The highest BCUT2D eigenvalue weighted by Gasteiger charge is 2.01. The summed E-state index contributed by atoms with van der Waals surface area (Å²) in [5, 5.41) is 8.50. The predicted molar refractivity (Wildman–Crippen MR) is 77.4 cm³/mol. The van der Waals surface area contributed by atoms with Gasteiger partial charge in [0.05, 0.1) is 6.26 Å². The maximum Gasteiger partial charge on any atom is 0.0751 e. The lowest BCUT2D eigenvalue weighted by atomic mass is 9.96. The SMILES string of the molecule is CCCCCCCCC(C)CCCC/C=C/O. The summed E-state index contributed by atoms with van der Waals surface area (Å²) in [5.41, 5.74) is 0. The second-order valence-electron chi connectivity index (χ2n) is 5.33. The van der Waals surface area contributed by atoms with E-state index in [0.29, 0.717) is 0 Å². The van der Waals surface area contributed by atoms with E-state index in [4.69, 9.17) is 5.11 Å². The maximum atomic E-state index is 8.50. The number of aliphatic hydroxyl groups is 1. The Morgan fingerprint density at radius 3 is 2.12 bits per heavy atom. The van der Waals surface area contributed by atoms with Gasteiger partial charge >= 0.3 is 0 Å². The van der Waals surface area contributed by atoms with Gasteiger partial charge in [0.25, 0.3) is 0 Å². The van der Waals surface area contributed by atoms with E-state index < -0.39 is 0 Å². The molecule has 0 aromatic carbocycles. The van der Waals surface area contributed by atoms with Crippen LogP contribution >= 0.6 is 0 Å². The summed E-state index contributed by atoms with van der Waals surface area (Å²) < 4.78 is 0. The van der Waals surface area contributed by atoms with Crippen LogP contribution in [-0.2, 0) is 0 Å². The summed E-state index contributed by atoms with van der Waals surface area (Å²) in [4.78, 5) is 0. The Kier molecular flexibility index (Phi) is 13.2. The van der Waals surface area contributed by atoms with Gasteiger partial charge in [-0.3, -0.25) is 0 Å². The summed E-state index contributed by atoms with van der Waals surface area (Å²) in [5.74, 6) is 0.888. The molecule has 0 aromatic rings. The minimum absolute atomic E-state index is 0.888. The molecule has 1 heteroatoms. The van der Waals surface area contributed by atoms with Gasteiger partial charge in [0, 0.05) is 0 Å². The molecule has 0 rings (SSSR count). The zero-order valence-corrected chi connectivity index (χ0v) is 12.0. The van der Waals surface area contributed by atoms with E-state index in [0.717, 1.165) is 12.3 Å². The molecule has 0 amide bonds. The predicted octanol–water partition coefficient (Wildman–Crippen LogP) is 6.01. The Balaban J connectivity index is 3.14. The highest BCUT2D eigenvalue weighted by atomic mass is 16.2. The van der Waals surface area contributed by atoms with Crippen molar-refractivity contribution in [3.63, 3.8) is 0 Å². The fraction of sp³-hybridized carbons (Fsp3) is 0.875. The van der Waals surface area contributed by atoms with Crippen molar-refractivity contribution < 1.29 is 5.11 Å². The van der Waals surface area contributed by atoms with E-state index in [9.17, 15) is 0 Å². The largest absolute Gasteiger partial charge is 0.516 e. The highest BCUT2D eigenvalue weighted by molar-refractivity contribution is 4.71. The first-order valence-electron chi connectivity index (χ1n) is 7.60. The van der Waals surface area contributed by atoms with Gasteiger partial charge in [-0.25, -0.2) is 0 Å². The summed E-state index contributed by atoms with van der Waals surface area (Å²) >= 11 is 0. The zero-order valence-electron chi connectivity index (χ0n) is 12.0. The molecule has 0 radical (unpaired) electrons. The second-order valence-corrected chi connectivity index (χ2v) is 5.33. The fourth-order valence-electron chi connectivity index (χ4n) is 2.25. The zero-order chi connectivity index (χ0) is 12.8. The Bertz CT molecular complexity index is 163. The summed E-state index contributed by atoms with van der Waals surface area (Å²) in [7, 11) is 0. The third kappa shape index (κ3) is 13.5.